The number of hydrogen-bond donors (Lipinski definition) is 1. The molecule has 3 nitrogen and oxygen atoms in total. The van der Waals surface area contributed by atoms with Crippen molar-refractivity contribution in [3.05, 3.63) is 41.3 Å². The van der Waals surface area contributed by atoms with Crippen LogP contribution in [0.25, 0.3) is 0 Å². The van der Waals surface area contributed by atoms with Gasteiger partial charge in [-0.25, -0.2) is 9.37 Å². The average Bonchev–Trinajstić information content (AvgIpc) is 2.35. The molecule has 1 aromatic heterocycles. The van der Waals surface area contributed by atoms with E-state index in [4.69, 9.17) is 22.1 Å². The Labute approximate surface area is 113 Å². The fraction of sp³-hybridized carbons (Fsp3) is 0.0833. The van der Waals surface area contributed by atoms with Crippen LogP contribution in [0.3, 0.4) is 0 Å². The van der Waals surface area contributed by atoms with Crippen molar-refractivity contribution in [1.29, 1.82) is 0 Å². The number of rotatable bonds is 3. The monoisotopic (exact) mass is 284 g/mol. The Kier molecular flexibility index (Phi) is 3.93. The van der Waals surface area contributed by atoms with Crippen molar-refractivity contribution < 1.29 is 9.13 Å². The lowest BCUT2D eigenvalue weighted by Crippen LogP contribution is -1.94. The van der Waals surface area contributed by atoms with E-state index >= 15 is 0 Å². The van der Waals surface area contributed by atoms with E-state index < -0.39 is 5.82 Å². The third-order valence-corrected chi connectivity index (χ3v) is 3.72. The van der Waals surface area contributed by atoms with Crippen LogP contribution in [-0.2, 0) is 0 Å². The highest BCUT2D eigenvalue weighted by atomic mass is 35.5. The number of anilines is 1. The second-order valence-electron chi connectivity index (χ2n) is 3.42. The van der Waals surface area contributed by atoms with Gasteiger partial charge in [0.2, 0.25) is 0 Å². The average molecular weight is 285 g/mol. The lowest BCUT2D eigenvalue weighted by Gasteiger charge is -2.09. The third kappa shape index (κ3) is 2.68. The van der Waals surface area contributed by atoms with E-state index in [9.17, 15) is 4.39 Å². The summed E-state index contributed by atoms with van der Waals surface area (Å²) in [6.07, 6.45) is 1.63. The van der Waals surface area contributed by atoms with Crippen molar-refractivity contribution in [1.82, 2.24) is 4.98 Å². The first kappa shape index (κ1) is 13.0. The Hall–Kier alpha value is -1.46. The van der Waals surface area contributed by atoms with Gasteiger partial charge >= 0.3 is 0 Å². The third-order valence-electron chi connectivity index (χ3n) is 2.22. The summed E-state index contributed by atoms with van der Waals surface area (Å²) in [4.78, 5) is 4.78. The smallest absolute Gasteiger partial charge is 0.167 e. The minimum atomic E-state index is -0.494. The molecule has 0 amide bonds. The van der Waals surface area contributed by atoms with E-state index in [0.29, 0.717) is 20.6 Å². The number of nitrogen functional groups attached to an aromatic ring is 1. The number of ether oxygens (including phenoxy) is 1. The second kappa shape index (κ2) is 5.46. The minimum absolute atomic E-state index is 0.138. The highest BCUT2D eigenvalue weighted by Crippen LogP contribution is 2.37. The molecule has 1 aromatic carbocycles. The van der Waals surface area contributed by atoms with Gasteiger partial charge in [-0.2, -0.15) is 0 Å². The summed E-state index contributed by atoms with van der Waals surface area (Å²) in [5, 5.41) is 1.13. The Bertz CT molecular complexity index is 580. The van der Waals surface area contributed by atoms with Crippen molar-refractivity contribution in [2.45, 2.75) is 9.92 Å². The summed E-state index contributed by atoms with van der Waals surface area (Å²) < 4.78 is 18.3. The topological polar surface area (TPSA) is 48.1 Å². The van der Waals surface area contributed by atoms with Crippen LogP contribution in [0.15, 0.2) is 40.4 Å². The fourth-order valence-corrected chi connectivity index (χ4v) is 2.41. The number of hydrogen-bond acceptors (Lipinski definition) is 4. The van der Waals surface area contributed by atoms with Gasteiger partial charge in [0.1, 0.15) is 5.03 Å². The Balaban J connectivity index is 2.38. The molecule has 2 rings (SSSR count). The van der Waals surface area contributed by atoms with Gasteiger partial charge < -0.3 is 10.5 Å². The molecule has 0 saturated carbocycles. The highest BCUT2D eigenvalue weighted by Gasteiger charge is 2.11. The molecule has 0 spiro atoms. The molecule has 0 bridgehead atoms. The van der Waals surface area contributed by atoms with Crippen LogP contribution < -0.4 is 10.5 Å². The van der Waals surface area contributed by atoms with Crippen LogP contribution in [-0.4, -0.2) is 12.1 Å². The molecule has 18 heavy (non-hydrogen) atoms. The molecule has 6 heteroatoms. The first-order valence-electron chi connectivity index (χ1n) is 5.03. The molecule has 1 heterocycles. The number of nitrogens with zero attached hydrogens (tertiary/aromatic N) is 1. The van der Waals surface area contributed by atoms with Crippen LogP contribution >= 0.6 is 23.4 Å². The molecule has 94 valence electrons. The largest absolute Gasteiger partial charge is 0.494 e. The van der Waals surface area contributed by atoms with E-state index in [2.05, 4.69) is 4.98 Å². The van der Waals surface area contributed by atoms with Crippen LogP contribution in [0.5, 0.6) is 5.75 Å². The molecule has 2 aromatic rings. The van der Waals surface area contributed by atoms with E-state index in [0.717, 1.165) is 0 Å². The number of aromatic nitrogens is 1. The Morgan fingerprint density at radius 3 is 2.89 bits per heavy atom. The first-order chi connectivity index (χ1) is 8.61. The maximum Gasteiger partial charge on any atom is 0.167 e. The predicted molar refractivity (Wildman–Crippen MR) is 70.7 cm³/mol. The molecule has 0 atom stereocenters. The van der Waals surface area contributed by atoms with Crippen molar-refractivity contribution >= 4 is 29.1 Å². The zero-order valence-electron chi connectivity index (χ0n) is 9.48. The van der Waals surface area contributed by atoms with Gasteiger partial charge in [-0.1, -0.05) is 23.4 Å². The maximum absolute atomic E-state index is 13.4. The van der Waals surface area contributed by atoms with Crippen molar-refractivity contribution in [2.75, 3.05) is 12.8 Å². The van der Waals surface area contributed by atoms with Gasteiger partial charge in [0, 0.05) is 22.8 Å². The summed E-state index contributed by atoms with van der Waals surface area (Å²) in [6.45, 7) is 0. The summed E-state index contributed by atoms with van der Waals surface area (Å²) in [7, 11) is 1.40. The summed E-state index contributed by atoms with van der Waals surface area (Å²) in [5.41, 5.74) is 6.08. The zero-order valence-corrected chi connectivity index (χ0v) is 11.1. The minimum Gasteiger partial charge on any atom is -0.494 e. The number of pyridine rings is 1. The van der Waals surface area contributed by atoms with E-state index in [1.54, 1.807) is 18.3 Å². The Morgan fingerprint density at radius 2 is 2.22 bits per heavy atom. The molecule has 0 aliphatic heterocycles. The normalized spacial score (nSPS) is 10.4. The lowest BCUT2D eigenvalue weighted by atomic mass is 10.3. The van der Waals surface area contributed by atoms with Crippen molar-refractivity contribution in [2.24, 2.45) is 0 Å². The highest BCUT2D eigenvalue weighted by molar-refractivity contribution is 7.99. The second-order valence-corrected chi connectivity index (χ2v) is 4.85. The fourth-order valence-electron chi connectivity index (χ4n) is 1.35. The molecule has 0 fully saturated rings. The van der Waals surface area contributed by atoms with Gasteiger partial charge in [-0.15, -0.1) is 0 Å². The van der Waals surface area contributed by atoms with Gasteiger partial charge in [0.25, 0.3) is 0 Å². The van der Waals surface area contributed by atoms with Gasteiger partial charge in [0.05, 0.1) is 12.1 Å². The zero-order chi connectivity index (χ0) is 13.1. The van der Waals surface area contributed by atoms with E-state index in [-0.39, 0.29) is 5.75 Å². The molecule has 2 N–H and O–H groups in total. The van der Waals surface area contributed by atoms with Gasteiger partial charge in [-0.05, 0) is 18.2 Å². The predicted octanol–water partition coefficient (Wildman–Crippen LogP) is 3.62. The SMILES string of the molecule is COc1cc(Sc2ncccc2Cl)c(N)cc1F. The number of halogens is 2. The first-order valence-corrected chi connectivity index (χ1v) is 6.22. The van der Waals surface area contributed by atoms with Crippen molar-refractivity contribution in [3.63, 3.8) is 0 Å². The Morgan fingerprint density at radius 1 is 1.44 bits per heavy atom. The van der Waals surface area contributed by atoms with Crippen LogP contribution in [0.4, 0.5) is 10.1 Å². The van der Waals surface area contributed by atoms with Crippen molar-refractivity contribution in [3.8, 4) is 5.75 Å². The standard InChI is InChI=1S/C12H10ClFN2OS/c1-17-10-6-11(9(15)5-8(10)14)18-12-7(13)3-2-4-16-12/h2-6H,15H2,1H3. The summed E-state index contributed by atoms with van der Waals surface area (Å²) >= 11 is 7.27. The number of nitrogens with two attached hydrogens (primary N) is 1. The molecule has 0 saturated heterocycles. The molecule has 0 radical (unpaired) electrons. The van der Waals surface area contributed by atoms with Crippen LogP contribution in [0.2, 0.25) is 5.02 Å². The summed E-state index contributed by atoms with van der Waals surface area (Å²) in [5.74, 6) is -0.356. The van der Waals surface area contributed by atoms with Crippen LogP contribution in [0, 0.1) is 5.82 Å². The lowest BCUT2D eigenvalue weighted by molar-refractivity contribution is 0.385. The van der Waals surface area contributed by atoms with Gasteiger partial charge in [-0.3, -0.25) is 0 Å². The maximum atomic E-state index is 13.4. The number of methoxy groups -OCH3 is 1. The summed E-state index contributed by atoms with van der Waals surface area (Å²) in [6, 6.07) is 6.22. The number of benzene rings is 1. The molecule has 0 aliphatic carbocycles. The molecule has 0 aliphatic rings. The van der Waals surface area contributed by atoms with E-state index in [1.165, 1.54) is 31.0 Å². The molecular formula is C12H10ClFN2OS. The molecular weight excluding hydrogens is 275 g/mol. The quantitative estimate of drug-likeness (QED) is 0.875. The van der Waals surface area contributed by atoms with Gasteiger partial charge in [0.15, 0.2) is 11.6 Å². The van der Waals surface area contributed by atoms with Crippen LogP contribution in [0.1, 0.15) is 0 Å². The molecule has 0 unspecified atom stereocenters. The van der Waals surface area contributed by atoms with E-state index in [1.807, 2.05) is 0 Å².